The Morgan fingerprint density at radius 1 is 1.34 bits per heavy atom. The van der Waals surface area contributed by atoms with Crippen molar-refractivity contribution >= 4 is 15.9 Å². The predicted octanol–water partition coefficient (Wildman–Crippen LogP) is -0.564. The molecule has 1 atom stereocenters. The van der Waals surface area contributed by atoms with Crippen molar-refractivity contribution in [2.45, 2.75) is 24.7 Å². The van der Waals surface area contributed by atoms with Gasteiger partial charge in [-0.2, -0.15) is 4.31 Å². The first-order chi connectivity index (χ1) is 13.9. The van der Waals surface area contributed by atoms with E-state index in [4.69, 9.17) is 9.47 Å². The predicted molar refractivity (Wildman–Crippen MR) is 109 cm³/mol. The van der Waals surface area contributed by atoms with E-state index in [1.807, 2.05) is 6.92 Å². The Kier molecular flexibility index (Phi) is 7.50. The zero-order chi connectivity index (χ0) is 20.9. The van der Waals surface area contributed by atoms with Crippen molar-refractivity contribution < 1.29 is 27.6 Å². The maximum atomic E-state index is 13.1. The van der Waals surface area contributed by atoms with Crippen LogP contribution in [0.2, 0.25) is 0 Å². The first kappa shape index (κ1) is 22.0. The molecule has 0 unspecified atom stereocenters. The normalized spacial score (nSPS) is 21.7. The molecule has 2 N–H and O–H groups in total. The number of aryl methyl sites for hydroxylation is 1. The number of hydrogen-bond acceptors (Lipinski definition) is 5. The van der Waals surface area contributed by atoms with E-state index in [9.17, 15) is 13.2 Å². The Labute approximate surface area is 173 Å². The summed E-state index contributed by atoms with van der Waals surface area (Å²) in [4.78, 5) is 14.3. The third-order valence-corrected chi connectivity index (χ3v) is 7.60. The Hall–Kier alpha value is -1.68. The lowest BCUT2D eigenvalue weighted by atomic mass is 9.99. The van der Waals surface area contributed by atoms with Crippen LogP contribution in [0.1, 0.15) is 18.4 Å². The maximum Gasteiger partial charge on any atom is 0.243 e. The molecule has 162 valence electrons. The van der Waals surface area contributed by atoms with Crippen molar-refractivity contribution in [2.75, 3.05) is 59.6 Å². The minimum absolute atomic E-state index is 0.0523. The number of piperidine rings is 1. The van der Waals surface area contributed by atoms with Gasteiger partial charge in [-0.15, -0.1) is 0 Å². The lowest BCUT2D eigenvalue weighted by molar-refractivity contribution is -0.906. The Balaban J connectivity index is 1.57. The molecular weight excluding hydrogens is 394 g/mol. The molecule has 2 aliphatic rings. The molecule has 29 heavy (non-hydrogen) atoms. The fourth-order valence-electron chi connectivity index (χ4n) is 3.95. The highest BCUT2D eigenvalue weighted by atomic mass is 32.2. The average molecular weight is 427 g/mol. The molecule has 0 spiro atoms. The summed E-state index contributed by atoms with van der Waals surface area (Å²) >= 11 is 0. The van der Waals surface area contributed by atoms with E-state index in [0.717, 1.165) is 38.4 Å². The number of rotatable bonds is 7. The van der Waals surface area contributed by atoms with Gasteiger partial charge in [-0.1, -0.05) is 0 Å². The van der Waals surface area contributed by atoms with Crippen LogP contribution in [0.25, 0.3) is 0 Å². The molecule has 0 aromatic heterocycles. The topological polar surface area (TPSA) is 89.4 Å². The van der Waals surface area contributed by atoms with Crippen LogP contribution < -0.4 is 15.0 Å². The van der Waals surface area contributed by atoms with Crippen LogP contribution in [0.3, 0.4) is 0 Å². The summed E-state index contributed by atoms with van der Waals surface area (Å²) in [5.74, 6) is 0.295. The fourth-order valence-corrected chi connectivity index (χ4v) is 5.56. The Bertz CT molecular complexity index is 808. The van der Waals surface area contributed by atoms with Gasteiger partial charge in [-0.3, -0.25) is 4.79 Å². The molecule has 2 heterocycles. The second-order valence-electron chi connectivity index (χ2n) is 7.74. The standard InChI is InChI=1S/C20H31N3O5S/c1-16-14-18(5-6-19(16)27-2)29(25,26)23-8-3-4-17(15-23)20(24)21-7-9-22-10-12-28-13-11-22/h5-6,14,17H,3-4,7-13,15H2,1-2H3,(H,21,24)/p+1/t17-/m0/s1. The Morgan fingerprint density at radius 2 is 2.10 bits per heavy atom. The molecule has 1 amide bonds. The number of morpholine rings is 1. The monoisotopic (exact) mass is 426 g/mol. The van der Waals surface area contributed by atoms with Crippen molar-refractivity contribution in [2.24, 2.45) is 5.92 Å². The molecule has 0 bridgehead atoms. The Morgan fingerprint density at radius 3 is 2.79 bits per heavy atom. The molecule has 0 radical (unpaired) electrons. The van der Waals surface area contributed by atoms with Crippen LogP contribution in [0.4, 0.5) is 0 Å². The van der Waals surface area contributed by atoms with Crippen LogP contribution >= 0.6 is 0 Å². The minimum atomic E-state index is -3.63. The molecule has 2 aliphatic heterocycles. The van der Waals surface area contributed by atoms with Crippen LogP contribution in [0.15, 0.2) is 23.1 Å². The average Bonchev–Trinajstić information content (AvgIpc) is 2.74. The summed E-state index contributed by atoms with van der Waals surface area (Å²) in [6, 6.07) is 4.86. The number of hydrogen-bond donors (Lipinski definition) is 2. The SMILES string of the molecule is COc1ccc(S(=O)(=O)N2CCC[C@H](C(=O)NCC[NH+]3CCOCC3)C2)cc1C. The van der Waals surface area contributed by atoms with Crippen LogP contribution in [-0.4, -0.2) is 78.2 Å². The lowest BCUT2D eigenvalue weighted by Crippen LogP contribution is -3.14. The maximum absolute atomic E-state index is 13.1. The van der Waals surface area contributed by atoms with Crippen molar-refractivity contribution in [1.82, 2.24) is 9.62 Å². The van der Waals surface area contributed by atoms with Gasteiger partial charge in [-0.05, 0) is 43.5 Å². The molecular formula is C20H32N3O5S+. The number of methoxy groups -OCH3 is 1. The zero-order valence-corrected chi connectivity index (χ0v) is 18.1. The molecule has 1 aromatic carbocycles. The number of amides is 1. The van der Waals surface area contributed by atoms with E-state index in [0.29, 0.717) is 31.7 Å². The lowest BCUT2D eigenvalue weighted by Gasteiger charge is -2.31. The smallest absolute Gasteiger partial charge is 0.243 e. The van der Waals surface area contributed by atoms with Crippen molar-refractivity contribution in [3.63, 3.8) is 0 Å². The summed E-state index contributed by atoms with van der Waals surface area (Å²) in [6.45, 7) is 7.43. The number of ether oxygens (including phenoxy) is 2. The molecule has 2 fully saturated rings. The van der Waals surface area contributed by atoms with Gasteiger partial charge in [0.2, 0.25) is 15.9 Å². The minimum Gasteiger partial charge on any atom is -0.496 e. The first-order valence-corrected chi connectivity index (χ1v) is 11.7. The number of nitrogens with one attached hydrogen (secondary N) is 2. The van der Waals surface area contributed by atoms with Gasteiger partial charge in [-0.25, -0.2) is 8.42 Å². The van der Waals surface area contributed by atoms with Crippen molar-refractivity contribution in [3.05, 3.63) is 23.8 Å². The van der Waals surface area contributed by atoms with E-state index in [2.05, 4.69) is 5.32 Å². The van der Waals surface area contributed by atoms with Gasteiger partial charge < -0.3 is 19.7 Å². The van der Waals surface area contributed by atoms with Gasteiger partial charge in [0.1, 0.15) is 18.8 Å². The van der Waals surface area contributed by atoms with Crippen LogP contribution in [-0.2, 0) is 19.6 Å². The molecule has 1 aromatic rings. The number of sulfonamides is 1. The second-order valence-corrected chi connectivity index (χ2v) is 9.67. The van der Waals surface area contributed by atoms with E-state index in [1.165, 1.54) is 9.21 Å². The van der Waals surface area contributed by atoms with Gasteiger partial charge >= 0.3 is 0 Å². The first-order valence-electron chi connectivity index (χ1n) is 10.3. The molecule has 9 heteroatoms. The molecule has 3 rings (SSSR count). The van der Waals surface area contributed by atoms with Crippen molar-refractivity contribution in [1.29, 1.82) is 0 Å². The highest BCUT2D eigenvalue weighted by Crippen LogP contribution is 2.27. The van der Waals surface area contributed by atoms with Crippen LogP contribution in [0, 0.1) is 12.8 Å². The molecule has 0 saturated carbocycles. The summed E-state index contributed by atoms with van der Waals surface area (Å²) in [7, 11) is -2.07. The molecule has 0 aliphatic carbocycles. The number of carbonyl (C=O) groups excluding carboxylic acids is 1. The third-order valence-electron chi connectivity index (χ3n) is 5.74. The fraction of sp³-hybridized carbons (Fsp3) is 0.650. The highest BCUT2D eigenvalue weighted by Gasteiger charge is 2.33. The van der Waals surface area contributed by atoms with Gasteiger partial charge in [0.05, 0.1) is 44.2 Å². The number of nitrogens with zero attached hydrogens (tertiary/aromatic N) is 1. The number of carbonyl (C=O) groups is 1. The summed E-state index contributed by atoms with van der Waals surface area (Å²) in [5.41, 5.74) is 0.769. The van der Waals surface area contributed by atoms with Crippen molar-refractivity contribution in [3.8, 4) is 5.75 Å². The van der Waals surface area contributed by atoms with Crippen LogP contribution in [0.5, 0.6) is 5.75 Å². The quantitative estimate of drug-likeness (QED) is 0.610. The zero-order valence-electron chi connectivity index (χ0n) is 17.3. The van der Waals surface area contributed by atoms with E-state index < -0.39 is 10.0 Å². The van der Waals surface area contributed by atoms with E-state index in [-0.39, 0.29) is 23.3 Å². The van der Waals surface area contributed by atoms with Gasteiger partial charge in [0.25, 0.3) is 0 Å². The van der Waals surface area contributed by atoms with Gasteiger partial charge in [0.15, 0.2) is 0 Å². The molecule has 2 saturated heterocycles. The third kappa shape index (κ3) is 5.48. The summed E-state index contributed by atoms with van der Waals surface area (Å²) in [5, 5.41) is 3.00. The van der Waals surface area contributed by atoms with E-state index in [1.54, 1.807) is 25.3 Å². The van der Waals surface area contributed by atoms with E-state index >= 15 is 0 Å². The summed E-state index contributed by atoms with van der Waals surface area (Å²) < 4.78 is 38.1. The number of quaternary nitrogens is 1. The second kappa shape index (κ2) is 9.88. The number of benzene rings is 1. The largest absolute Gasteiger partial charge is 0.496 e. The summed E-state index contributed by atoms with van der Waals surface area (Å²) in [6.07, 6.45) is 1.39. The highest BCUT2D eigenvalue weighted by molar-refractivity contribution is 7.89. The molecule has 8 nitrogen and oxygen atoms in total. The van der Waals surface area contributed by atoms with Gasteiger partial charge in [0, 0.05) is 13.1 Å².